The third kappa shape index (κ3) is 5.44. The van der Waals surface area contributed by atoms with E-state index >= 15 is 0 Å². The normalized spacial score (nSPS) is 11.9. The first-order chi connectivity index (χ1) is 30.7. The number of para-hydroxylation sites is 4. The number of thiophene rings is 1. The molecule has 0 saturated carbocycles. The Morgan fingerprint density at radius 3 is 1.61 bits per heavy atom. The van der Waals surface area contributed by atoms with Gasteiger partial charge in [-0.05, 0) is 119 Å². The third-order valence-corrected chi connectivity index (χ3v) is 13.8. The van der Waals surface area contributed by atoms with Gasteiger partial charge in [0.25, 0.3) is 0 Å². The van der Waals surface area contributed by atoms with Crippen LogP contribution in [0, 0.1) is 0 Å². The number of aromatic nitrogens is 2. The van der Waals surface area contributed by atoms with E-state index in [1.165, 1.54) is 74.6 Å². The number of rotatable bonds is 6. The summed E-state index contributed by atoms with van der Waals surface area (Å²) in [5.41, 5.74) is 12.6. The van der Waals surface area contributed by atoms with Crippen molar-refractivity contribution in [1.82, 2.24) is 9.13 Å². The summed E-state index contributed by atoms with van der Waals surface area (Å²) in [7, 11) is 0. The first-order valence-corrected chi connectivity index (χ1v) is 22.0. The first-order valence-electron chi connectivity index (χ1n) is 21.2. The van der Waals surface area contributed by atoms with Crippen molar-refractivity contribution in [2.75, 3.05) is 4.90 Å². The zero-order valence-electron chi connectivity index (χ0n) is 33.6. The second kappa shape index (κ2) is 13.8. The molecule has 0 atom stereocenters. The standard InChI is InChI=1S/C58H37N3S/c1-2-16-42(17-3-1)60-55-24-12-8-20-49(55)51-35-40(27-30-56(51)60)41-33-45(36-46(34-41)61-53-22-10-6-18-47(53)48-19-7-11-23-54(48)61)59(43-28-26-38-14-4-5-15-39(38)32-43)44-29-31-58-52(37-44)50-21-9-13-25-57(50)62-58/h1-37H. The summed E-state index contributed by atoms with van der Waals surface area (Å²) in [6.07, 6.45) is 0. The molecule has 13 aromatic rings. The molecule has 0 aliphatic carbocycles. The van der Waals surface area contributed by atoms with Crippen LogP contribution in [0.5, 0.6) is 0 Å². The number of anilines is 3. The minimum absolute atomic E-state index is 1.08. The number of fused-ring (bicyclic) bond motifs is 10. The SMILES string of the molecule is c1ccc(-n2c3ccccc3c3cc(-c4cc(N(c5ccc6ccccc6c5)c5ccc6sc7ccccc7c6c5)cc(-n5c6ccccc6c6ccccc65)c4)ccc32)cc1. The number of benzene rings is 10. The van der Waals surface area contributed by atoms with E-state index in [4.69, 9.17) is 0 Å². The molecule has 62 heavy (non-hydrogen) atoms. The van der Waals surface area contributed by atoms with Crippen LogP contribution in [0.1, 0.15) is 0 Å². The summed E-state index contributed by atoms with van der Waals surface area (Å²) in [6.45, 7) is 0. The van der Waals surface area contributed by atoms with Crippen LogP contribution in [0.25, 0.3) is 97.1 Å². The van der Waals surface area contributed by atoms with E-state index in [1.54, 1.807) is 0 Å². The van der Waals surface area contributed by atoms with Gasteiger partial charge in [-0.1, -0.05) is 127 Å². The van der Waals surface area contributed by atoms with Crippen LogP contribution in [0.15, 0.2) is 224 Å². The van der Waals surface area contributed by atoms with E-state index in [2.05, 4.69) is 238 Å². The van der Waals surface area contributed by atoms with Crippen molar-refractivity contribution in [3.8, 4) is 22.5 Å². The van der Waals surface area contributed by atoms with E-state index < -0.39 is 0 Å². The van der Waals surface area contributed by atoms with Crippen molar-refractivity contribution in [1.29, 1.82) is 0 Å². The molecule has 0 saturated heterocycles. The Morgan fingerprint density at radius 2 is 0.855 bits per heavy atom. The van der Waals surface area contributed by atoms with Crippen molar-refractivity contribution in [3.63, 3.8) is 0 Å². The molecule has 0 unspecified atom stereocenters. The Balaban J connectivity index is 1.11. The zero-order valence-corrected chi connectivity index (χ0v) is 34.4. The Labute approximate surface area is 362 Å². The summed E-state index contributed by atoms with van der Waals surface area (Å²) in [5, 5.41) is 9.93. The number of hydrogen-bond acceptors (Lipinski definition) is 2. The lowest BCUT2D eigenvalue weighted by atomic mass is 10.00. The monoisotopic (exact) mass is 807 g/mol. The molecule has 0 fully saturated rings. The first kappa shape index (κ1) is 34.9. The Hall–Kier alpha value is -7.92. The fourth-order valence-electron chi connectivity index (χ4n) is 9.84. The predicted molar refractivity (Wildman–Crippen MR) is 266 cm³/mol. The smallest absolute Gasteiger partial charge is 0.0541 e. The average molecular weight is 808 g/mol. The van der Waals surface area contributed by atoms with Crippen molar-refractivity contribution >= 4 is 103 Å². The van der Waals surface area contributed by atoms with Gasteiger partial charge in [-0.25, -0.2) is 0 Å². The molecule has 10 aromatic carbocycles. The molecule has 0 radical (unpaired) electrons. The van der Waals surface area contributed by atoms with Gasteiger partial charge in [0.15, 0.2) is 0 Å². The summed E-state index contributed by atoms with van der Waals surface area (Å²) in [4.78, 5) is 2.46. The molecular formula is C58H37N3S. The summed E-state index contributed by atoms with van der Waals surface area (Å²) < 4.78 is 7.43. The van der Waals surface area contributed by atoms with E-state index in [9.17, 15) is 0 Å². The van der Waals surface area contributed by atoms with Gasteiger partial charge in [-0.2, -0.15) is 0 Å². The maximum atomic E-state index is 2.46. The quantitative estimate of drug-likeness (QED) is 0.163. The van der Waals surface area contributed by atoms with Gasteiger partial charge < -0.3 is 14.0 Å². The highest BCUT2D eigenvalue weighted by Crippen LogP contribution is 2.45. The Morgan fingerprint density at radius 1 is 0.290 bits per heavy atom. The molecule has 0 spiro atoms. The number of nitrogens with zero attached hydrogens (tertiary/aromatic N) is 3. The Bertz CT molecular complexity index is 3830. The molecule has 0 bridgehead atoms. The molecule has 3 nitrogen and oxygen atoms in total. The molecule has 290 valence electrons. The highest BCUT2D eigenvalue weighted by atomic mass is 32.1. The lowest BCUT2D eigenvalue weighted by molar-refractivity contribution is 1.17. The van der Waals surface area contributed by atoms with Gasteiger partial charge in [-0.3, -0.25) is 0 Å². The minimum Gasteiger partial charge on any atom is -0.310 e. The van der Waals surface area contributed by atoms with Crippen LogP contribution < -0.4 is 4.90 Å². The van der Waals surface area contributed by atoms with Crippen LogP contribution >= 0.6 is 11.3 Å². The van der Waals surface area contributed by atoms with Gasteiger partial charge in [-0.15, -0.1) is 11.3 Å². The molecule has 13 rings (SSSR count). The fourth-order valence-corrected chi connectivity index (χ4v) is 10.9. The molecule has 0 aliphatic heterocycles. The molecule has 0 amide bonds. The van der Waals surface area contributed by atoms with E-state index in [0.29, 0.717) is 0 Å². The zero-order chi connectivity index (χ0) is 40.7. The van der Waals surface area contributed by atoms with Crippen LogP contribution in [0.4, 0.5) is 17.1 Å². The van der Waals surface area contributed by atoms with Gasteiger partial charge in [0.1, 0.15) is 0 Å². The fraction of sp³-hybridized carbons (Fsp3) is 0. The summed E-state index contributed by atoms with van der Waals surface area (Å²) in [5.74, 6) is 0. The molecule has 3 aromatic heterocycles. The van der Waals surface area contributed by atoms with Gasteiger partial charge in [0.2, 0.25) is 0 Å². The van der Waals surface area contributed by atoms with Crippen LogP contribution in [0.3, 0.4) is 0 Å². The lowest BCUT2D eigenvalue weighted by Gasteiger charge is -2.27. The molecule has 0 aliphatic rings. The predicted octanol–water partition coefficient (Wildman–Crippen LogP) is 16.5. The average Bonchev–Trinajstić information content (AvgIpc) is 3.99. The van der Waals surface area contributed by atoms with Crippen molar-refractivity contribution in [2.24, 2.45) is 0 Å². The van der Waals surface area contributed by atoms with Gasteiger partial charge in [0, 0.05) is 70.2 Å². The van der Waals surface area contributed by atoms with E-state index in [-0.39, 0.29) is 0 Å². The van der Waals surface area contributed by atoms with Gasteiger partial charge in [0.05, 0.1) is 22.1 Å². The van der Waals surface area contributed by atoms with Crippen molar-refractivity contribution < 1.29 is 0 Å². The largest absolute Gasteiger partial charge is 0.310 e. The van der Waals surface area contributed by atoms with E-state index in [0.717, 1.165) is 39.6 Å². The topological polar surface area (TPSA) is 13.1 Å². The highest BCUT2D eigenvalue weighted by molar-refractivity contribution is 7.25. The number of hydrogen-bond donors (Lipinski definition) is 0. The maximum absolute atomic E-state index is 2.46. The molecular weight excluding hydrogens is 771 g/mol. The van der Waals surface area contributed by atoms with Crippen molar-refractivity contribution in [2.45, 2.75) is 0 Å². The van der Waals surface area contributed by atoms with Crippen LogP contribution in [-0.2, 0) is 0 Å². The molecule has 3 heterocycles. The van der Waals surface area contributed by atoms with Gasteiger partial charge >= 0.3 is 0 Å². The molecule has 4 heteroatoms. The Kier molecular flexibility index (Phi) is 7.78. The summed E-state index contributed by atoms with van der Waals surface area (Å²) in [6, 6.07) is 82.5. The lowest BCUT2D eigenvalue weighted by Crippen LogP contribution is -2.11. The van der Waals surface area contributed by atoms with Crippen LogP contribution in [-0.4, -0.2) is 9.13 Å². The second-order valence-electron chi connectivity index (χ2n) is 16.2. The third-order valence-electron chi connectivity index (χ3n) is 12.6. The minimum atomic E-state index is 1.08. The van der Waals surface area contributed by atoms with Crippen molar-refractivity contribution in [3.05, 3.63) is 224 Å². The maximum Gasteiger partial charge on any atom is 0.0541 e. The van der Waals surface area contributed by atoms with E-state index in [1.807, 2.05) is 11.3 Å². The van der Waals surface area contributed by atoms with Crippen LogP contribution in [0.2, 0.25) is 0 Å². The molecule has 0 N–H and O–H groups in total. The summed E-state index contributed by atoms with van der Waals surface area (Å²) >= 11 is 1.86. The highest BCUT2D eigenvalue weighted by Gasteiger charge is 2.21. The second-order valence-corrected chi connectivity index (χ2v) is 17.3.